The van der Waals surface area contributed by atoms with E-state index in [1.807, 2.05) is 24.3 Å². The SMILES string of the molecule is Cc1cc(C)n2cc(Cn3cc([N+](=O)[O-])ccc3=O)nc2n1. The Kier molecular flexibility index (Phi) is 3.21. The number of nitro groups is 1. The molecule has 0 aliphatic rings. The van der Waals surface area contributed by atoms with Crippen molar-refractivity contribution in [2.45, 2.75) is 20.4 Å². The van der Waals surface area contributed by atoms with Crippen LogP contribution in [-0.2, 0) is 6.54 Å². The number of fused-ring (bicyclic) bond motifs is 1. The Hall–Kier alpha value is -3.03. The fourth-order valence-corrected chi connectivity index (χ4v) is 2.32. The van der Waals surface area contributed by atoms with Crippen molar-refractivity contribution in [3.05, 3.63) is 68.1 Å². The van der Waals surface area contributed by atoms with Gasteiger partial charge in [-0.25, -0.2) is 9.97 Å². The largest absolute Gasteiger partial charge is 0.303 e. The van der Waals surface area contributed by atoms with Gasteiger partial charge in [-0.05, 0) is 19.9 Å². The average molecular weight is 299 g/mol. The minimum absolute atomic E-state index is 0.131. The zero-order valence-corrected chi connectivity index (χ0v) is 12.1. The molecule has 3 rings (SSSR count). The van der Waals surface area contributed by atoms with Crippen LogP contribution in [0.4, 0.5) is 5.69 Å². The first-order valence-electron chi connectivity index (χ1n) is 6.61. The summed E-state index contributed by atoms with van der Waals surface area (Å²) in [6.07, 6.45) is 3.00. The highest BCUT2D eigenvalue weighted by Crippen LogP contribution is 2.11. The van der Waals surface area contributed by atoms with Crippen LogP contribution in [0.5, 0.6) is 0 Å². The quantitative estimate of drug-likeness (QED) is 0.539. The molecule has 0 aliphatic carbocycles. The lowest BCUT2D eigenvalue weighted by Gasteiger charge is -2.02. The Morgan fingerprint density at radius 1 is 1.23 bits per heavy atom. The van der Waals surface area contributed by atoms with Gasteiger partial charge in [0.15, 0.2) is 0 Å². The molecule has 0 bridgehead atoms. The first-order chi connectivity index (χ1) is 10.4. The molecule has 0 N–H and O–H groups in total. The van der Waals surface area contributed by atoms with Gasteiger partial charge in [0.1, 0.15) is 0 Å². The van der Waals surface area contributed by atoms with E-state index in [2.05, 4.69) is 9.97 Å². The van der Waals surface area contributed by atoms with Crippen LogP contribution < -0.4 is 5.56 Å². The van der Waals surface area contributed by atoms with Crippen molar-refractivity contribution in [1.29, 1.82) is 0 Å². The van der Waals surface area contributed by atoms with E-state index < -0.39 is 4.92 Å². The van der Waals surface area contributed by atoms with E-state index in [1.54, 1.807) is 6.20 Å². The second-order valence-electron chi connectivity index (χ2n) is 5.05. The van der Waals surface area contributed by atoms with Crippen molar-refractivity contribution in [3.63, 3.8) is 0 Å². The predicted molar refractivity (Wildman–Crippen MR) is 78.9 cm³/mol. The van der Waals surface area contributed by atoms with Gasteiger partial charge in [0.05, 0.1) is 23.4 Å². The van der Waals surface area contributed by atoms with Crippen molar-refractivity contribution in [1.82, 2.24) is 18.9 Å². The number of hydrogen-bond donors (Lipinski definition) is 0. The summed E-state index contributed by atoms with van der Waals surface area (Å²) in [6.45, 7) is 3.97. The van der Waals surface area contributed by atoms with E-state index in [-0.39, 0.29) is 17.8 Å². The zero-order valence-electron chi connectivity index (χ0n) is 12.1. The Morgan fingerprint density at radius 2 is 2.00 bits per heavy atom. The molecule has 112 valence electrons. The van der Waals surface area contributed by atoms with E-state index in [1.165, 1.54) is 22.9 Å². The molecule has 3 heterocycles. The van der Waals surface area contributed by atoms with Crippen molar-refractivity contribution >= 4 is 11.5 Å². The van der Waals surface area contributed by atoms with Crippen LogP contribution in [0.2, 0.25) is 0 Å². The molecule has 0 aliphatic heterocycles. The topological polar surface area (TPSA) is 95.3 Å². The maximum Gasteiger partial charge on any atom is 0.285 e. The van der Waals surface area contributed by atoms with Gasteiger partial charge in [-0.2, -0.15) is 0 Å². The standard InChI is InChI=1S/C14H13N5O3/c1-9-5-10(2)18-7-11(16-14(18)15-9)6-17-8-12(19(21)22)3-4-13(17)20/h3-5,7-8H,6H2,1-2H3. The molecule has 0 spiro atoms. The molecule has 8 heteroatoms. The van der Waals surface area contributed by atoms with Gasteiger partial charge in [-0.3, -0.25) is 19.3 Å². The molecule has 0 aromatic carbocycles. The monoisotopic (exact) mass is 299 g/mol. The summed E-state index contributed by atoms with van der Waals surface area (Å²) < 4.78 is 3.09. The normalized spacial score (nSPS) is 11.0. The number of imidazole rings is 1. The molecular formula is C14H13N5O3. The van der Waals surface area contributed by atoms with Gasteiger partial charge in [-0.15, -0.1) is 0 Å². The van der Waals surface area contributed by atoms with E-state index in [9.17, 15) is 14.9 Å². The molecule has 0 amide bonds. The minimum Gasteiger partial charge on any atom is -0.303 e. The fraction of sp³-hybridized carbons (Fsp3) is 0.214. The number of aromatic nitrogens is 4. The molecule has 0 unspecified atom stereocenters. The number of nitrogens with zero attached hydrogens (tertiary/aromatic N) is 5. The van der Waals surface area contributed by atoms with Crippen LogP contribution in [0.25, 0.3) is 5.78 Å². The third-order valence-electron chi connectivity index (χ3n) is 3.32. The molecular weight excluding hydrogens is 286 g/mol. The summed E-state index contributed by atoms with van der Waals surface area (Å²) in [5.41, 5.74) is 2.00. The highest BCUT2D eigenvalue weighted by molar-refractivity contribution is 5.35. The minimum atomic E-state index is -0.533. The fourth-order valence-electron chi connectivity index (χ4n) is 2.32. The van der Waals surface area contributed by atoms with Gasteiger partial charge >= 0.3 is 0 Å². The van der Waals surface area contributed by atoms with Crippen molar-refractivity contribution in [2.24, 2.45) is 0 Å². The van der Waals surface area contributed by atoms with Crippen LogP contribution in [0, 0.1) is 24.0 Å². The third kappa shape index (κ3) is 2.46. The summed E-state index contributed by atoms with van der Waals surface area (Å²) in [6, 6.07) is 4.30. The average Bonchev–Trinajstić information content (AvgIpc) is 2.83. The van der Waals surface area contributed by atoms with Crippen molar-refractivity contribution in [3.8, 4) is 0 Å². The van der Waals surface area contributed by atoms with Gasteiger partial charge in [0, 0.05) is 29.7 Å². The first kappa shape index (κ1) is 13.9. The van der Waals surface area contributed by atoms with E-state index in [4.69, 9.17) is 0 Å². The summed E-state index contributed by atoms with van der Waals surface area (Å²) >= 11 is 0. The molecule has 0 saturated carbocycles. The summed E-state index contributed by atoms with van der Waals surface area (Å²) in [5.74, 6) is 0.547. The van der Waals surface area contributed by atoms with Crippen LogP contribution in [0.15, 0.2) is 35.4 Å². The second-order valence-corrected chi connectivity index (χ2v) is 5.05. The predicted octanol–water partition coefficient (Wildman–Crippen LogP) is 1.46. The number of hydrogen-bond acceptors (Lipinski definition) is 5. The molecule has 0 radical (unpaired) electrons. The van der Waals surface area contributed by atoms with E-state index in [0.29, 0.717) is 11.5 Å². The summed E-state index contributed by atoms with van der Waals surface area (Å²) in [5, 5.41) is 10.8. The number of aryl methyl sites for hydroxylation is 2. The Labute approximate surface area is 124 Å². The Balaban J connectivity index is 2.03. The maximum atomic E-state index is 11.8. The summed E-state index contributed by atoms with van der Waals surface area (Å²) in [7, 11) is 0. The van der Waals surface area contributed by atoms with Crippen molar-refractivity contribution in [2.75, 3.05) is 0 Å². The van der Waals surface area contributed by atoms with Crippen LogP contribution in [-0.4, -0.2) is 23.9 Å². The van der Waals surface area contributed by atoms with Crippen molar-refractivity contribution < 1.29 is 4.92 Å². The zero-order chi connectivity index (χ0) is 15.9. The molecule has 0 fully saturated rings. The van der Waals surface area contributed by atoms with E-state index in [0.717, 1.165) is 11.4 Å². The van der Waals surface area contributed by atoms with E-state index >= 15 is 0 Å². The lowest BCUT2D eigenvalue weighted by Crippen LogP contribution is -2.19. The molecule has 3 aromatic heterocycles. The lowest BCUT2D eigenvalue weighted by atomic mass is 10.3. The third-order valence-corrected chi connectivity index (χ3v) is 3.32. The first-order valence-corrected chi connectivity index (χ1v) is 6.61. The molecule has 0 saturated heterocycles. The number of pyridine rings is 1. The van der Waals surface area contributed by atoms with Crippen LogP contribution in [0.3, 0.4) is 0 Å². The van der Waals surface area contributed by atoms with Gasteiger partial charge < -0.3 is 4.57 Å². The Bertz CT molecular complexity index is 941. The Morgan fingerprint density at radius 3 is 2.73 bits per heavy atom. The molecule has 22 heavy (non-hydrogen) atoms. The van der Waals surface area contributed by atoms with Gasteiger partial charge in [0.2, 0.25) is 5.78 Å². The molecule has 3 aromatic rings. The number of rotatable bonds is 3. The van der Waals surface area contributed by atoms with Gasteiger partial charge in [0.25, 0.3) is 11.2 Å². The maximum absolute atomic E-state index is 11.8. The van der Waals surface area contributed by atoms with Crippen LogP contribution >= 0.6 is 0 Å². The molecule has 8 nitrogen and oxygen atoms in total. The highest BCUT2D eigenvalue weighted by atomic mass is 16.6. The molecule has 0 atom stereocenters. The second kappa shape index (κ2) is 5.06. The summed E-state index contributed by atoms with van der Waals surface area (Å²) in [4.78, 5) is 30.8. The van der Waals surface area contributed by atoms with Gasteiger partial charge in [-0.1, -0.05) is 0 Å². The van der Waals surface area contributed by atoms with Crippen LogP contribution in [0.1, 0.15) is 17.1 Å². The lowest BCUT2D eigenvalue weighted by molar-refractivity contribution is -0.385. The smallest absolute Gasteiger partial charge is 0.285 e. The highest BCUT2D eigenvalue weighted by Gasteiger charge is 2.11.